The van der Waals surface area contributed by atoms with Crippen LogP contribution >= 0.6 is 11.6 Å². The molecule has 1 rings (SSSR count). The van der Waals surface area contributed by atoms with E-state index >= 15 is 0 Å². The van der Waals surface area contributed by atoms with Crippen LogP contribution in [0.25, 0.3) is 0 Å². The van der Waals surface area contributed by atoms with Crippen LogP contribution in [0.2, 0.25) is 5.02 Å². The zero-order chi connectivity index (χ0) is 17.6. The van der Waals surface area contributed by atoms with Gasteiger partial charge < -0.3 is 14.7 Å². The highest BCUT2D eigenvalue weighted by Crippen LogP contribution is 2.24. The molecule has 0 saturated carbocycles. The summed E-state index contributed by atoms with van der Waals surface area (Å²) in [7, 11) is 0. The SMILES string of the molecule is CC(C)COc1ncc(C(=O)N(CCC(=O)O)C(C)C)cc1Cl. The Morgan fingerprint density at radius 3 is 2.48 bits per heavy atom. The largest absolute Gasteiger partial charge is 0.481 e. The van der Waals surface area contributed by atoms with E-state index in [1.54, 1.807) is 0 Å². The lowest BCUT2D eigenvalue weighted by molar-refractivity contribution is -0.137. The molecule has 0 aliphatic heterocycles. The minimum absolute atomic E-state index is 0.110. The smallest absolute Gasteiger partial charge is 0.305 e. The van der Waals surface area contributed by atoms with Gasteiger partial charge in [-0.3, -0.25) is 9.59 Å². The molecule has 23 heavy (non-hydrogen) atoms. The highest BCUT2D eigenvalue weighted by atomic mass is 35.5. The van der Waals surface area contributed by atoms with Gasteiger partial charge in [0.1, 0.15) is 5.02 Å². The number of hydrogen-bond acceptors (Lipinski definition) is 4. The number of rotatable bonds is 8. The van der Waals surface area contributed by atoms with Gasteiger partial charge in [0.2, 0.25) is 5.88 Å². The topological polar surface area (TPSA) is 79.7 Å². The number of nitrogens with zero attached hydrogens (tertiary/aromatic N) is 2. The third-order valence-electron chi connectivity index (χ3n) is 3.06. The van der Waals surface area contributed by atoms with Crippen molar-refractivity contribution in [2.24, 2.45) is 5.92 Å². The fraction of sp³-hybridized carbons (Fsp3) is 0.562. The van der Waals surface area contributed by atoms with Crippen LogP contribution in [0.3, 0.4) is 0 Å². The van der Waals surface area contributed by atoms with Crippen LogP contribution in [0.5, 0.6) is 5.88 Å². The van der Waals surface area contributed by atoms with Gasteiger partial charge in [-0.05, 0) is 25.8 Å². The van der Waals surface area contributed by atoms with Gasteiger partial charge in [-0.1, -0.05) is 25.4 Å². The van der Waals surface area contributed by atoms with Crippen molar-refractivity contribution < 1.29 is 19.4 Å². The van der Waals surface area contributed by atoms with Crippen molar-refractivity contribution in [1.29, 1.82) is 0 Å². The van der Waals surface area contributed by atoms with Gasteiger partial charge in [0.15, 0.2) is 0 Å². The van der Waals surface area contributed by atoms with E-state index in [2.05, 4.69) is 4.98 Å². The normalized spacial score (nSPS) is 10.9. The van der Waals surface area contributed by atoms with Gasteiger partial charge in [0.05, 0.1) is 18.6 Å². The van der Waals surface area contributed by atoms with Crippen LogP contribution in [0.15, 0.2) is 12.3 Å². The highest BCUT2D eigenvalue weighted by Gasteiger charge is 2.21. The molecule has 1 aromatic rings. The number of hydrogen-bond donors (Lipinski definition) is 1. The average Bonchev–Trinajstić information content (AvgIpc) is 2.45. The van der Waals surface area contributed by atoms with Gasteiger partial charge in [-0.15, -0.1) is 0 Å². The molecule has 0 aliphatic carbocycles. The summed E-state index contributed by atoms with van der Waals surface area (Å²) in [6, 6.07) is 1.38. The van der Waals surface area contributed by atoms with E-state index in [0.717, 1.165) is 0 Å². The minimum Gasteiger partial charge on any atom is -0.481 e. The summed E-state index contributed by atoms with van der Waals surface area (Å²) >= 11 is 6.12. The van der Waals surface area contributed by atoms with E-state index in [0.29, 0.717) is 24.0 Å². The molecule has 0 unspecified atom stereocenters. The first-order chi connectivity index (χ1) is 10.7. The van der Waals surface area contributed by atoms with E-state index in [1.165, 1.54) is 17.2 Å². The molecule has 128 valence electrons. The van der Waals surface area contributed by atoms with E-state index in [9.17, 15) is 9.59 Å². The molecule has 1 aromatic heterocycles. The lowest BCUT2D eigenvalue weighted by atomic mass is 10.2. The zero-order valence-corrected chi connectivity index (χ0v) is 14.6. The Morgan fingerprint density at radius 1 is 1.35 bits per heavy atom. The molecule has 6 nitrogen and oxygen atoms in total. The molecular formula is C16H23ClN2O4. The number of carbonyl (C=O) groups excluding carboxylic acids is 1. The van der Waals surface area contributed by atoms with Crippen molar-refractivity contribution in [3.63, 3.8) is 0 Å². The number of amides is 1. The molecule has 1 N–H and O–H groups in total. The monoisotopic (exact) mass is 342 g/mol. The van der Waals surface area contributed by atoms with E-state index < -0.39 is 5.97 Å². The van der Waals surface area contributed by atoms with Crippen LogP contribution in [0, 0.1) is 5.92 Å². The van der Waals surface area contributed by atoms with Crippen LogP contribution in [0.4, 0.5) is 0 Å². The number of carboxylic acids is 1. The Balaban J connectivity index is 2.88. The maximum atomic E-state index is 12.5. The number of carbonyl (C=O) groups is 2. The second-order valence-corrected chi connectivity index (χ2v) is 6.36. The number of pyridine rings is 1. The summed E-state index contributed by atoms with van der Waals surface area (Å²) in [5.74, 6) is -0.622. The lowest BCUT2D eigenvalue weighted by Crippen LogP contribution is -2.38. The van der Waals surface area contributed by atoms with Crippen molar-refractivity contribution in [3.05, 3.63) is 22.8 Å². The van der Waals surface area contributed by atoms with E-state index in [1.807, 2.05) is 27.7 Å². The fourth-order valence-electron chi connectivity index (χ4n) is 1.87. The molecule has 0 aromatic carbocycles. The predicted octanol–water partition coefficient (Wildman–Crippen LogP) is 3.10. The highest BCUT2D eigenvalue weighted by molar-refractivity contribution is 6.32. The van der Waals surface area contributed by atoms with Gasteiger partial charge in [-0.25, -0.2) is 4.98 Å². The van der Waals surface area contributed by atoms with Crippen LogP contribution < -0.4 is 4.74 Å². The summed E-state index contributed by atoms with van der Waals surface area (Å²) < 4.78 is 5.47. The van der Waals surface area contributed by atoms with Crippen LogP contribution in [-0.2, 0) is 4.79 Å². The van der Waals surface area contributed by atoms with Gasteiger partial charge in [-0.2, -0.15) is 0 Å². The Morgan fingerprint density at radius 2 is 2.00 bits per heavy atom. The minimum atomic E-state index is -0.947. The summed E-state index contributed by atoms with van der Waals surface area (Å²) in [6.45, 7) is 8.29. The average molecular weight is 343 g/mol. The summed E-state index contributed by atoms with van der Waals surface area (Å²) in [4.78, 5) is 28.8. The first-order valence-electron chi connectivity index (χ1n) is 7.53. The summed E-state index contributed by atoms with van der Waals surface area (Å²) in [5, 5.41) is 9.06. The molecule has 0 bridgehead atoms. The molecule has 7 heteroatoms. The quantitative estimate of drug-likeness (QED) is 0.785. The van der Waals surface area contributed by atoms with Crippen molar-refractivity contribution >= 4 is 23.5 Å². The van der Waals surface area contributed by atoms with Gasteiger partial charge in [0.25, 0.3) is 5.91 Å². The second-order valence-electron chi connectivity index (χ2n) is 5.95. The first-order valence-corrected chi connectivity index (χ1v) is 7.91. The molecule has 1 amide bonds. The number of aliphatic carboxylic acids is 1. The lowest BCUT2D eigenvalue weighted by Gasteiger charge is -2.26. The summed E-state index contributed by atoms with van der Waals surface area (Å²) in [6.07, 6.45) is 1.29. The Kier molecular flexibility index (Phi) is 7.29. The molecule has 0 atom stereocenters. The molecule has 0 aliphatic rings. The number of halogens is 1. The molecule has 1 heterocycles. The standard InChI is InChI=1S/C16H23ClN2O4/c1-10(2)9-23-15-13(17)7-12(8-18-15)16(22)19(11(3)4)6-5-14(20)21/h7-8,10-11H,5-6,9H2,1-4H3,(H,20,21). The number of ether oxygens (including phenoxy) is 1. The van der Waals surface area contributed by atoms with Crippen LogP contribution in [0.1, 0.15) is 44.5 Å². The fourth-order valence-corrected chi connectivity index (χ4v) is 2.09. The molecular weight excluding hydrogens is 320 g/mol. The summed E-state index contributed by atoms with van der Waals surface area (Å²) in [5.41, 5.74) is 0.311. The zero-order valence-electron chi connectivity index (χ0n) is 13.9. The Bertz CT molecular complexity index is 561. The second kappa shape index (κ2) is 8.72. The molecule has 0 saturated heterocycles. The first kappa shape index (κ1) is 19.2. The molecule has 0 fully saturated rings. The van der Waals surface area contributed by atoms with Crippen molar-refractivity contribution in [1.82, 2.24) is 9.88 Å². The van der Waals surface area contributed by atoms with Crippen molar-refractivity contribution in [2.45, 2.75) is 40.2 Å². The van der Waals surface area contributed by atoms with E-state index in [-0.39, 0.29) is 29.9 Å². The predicted molar refractivity (Wildman–Crippen MR) is 88.0 cm³/mol. The van der Waals surface area contributed by atoms with Crippen LogP contribution in [-0.4, -0.2) is 46.1 Å². The maximum Gasteiger partial charge on any atom is 0.305 e. The Hall–Kier alpha value is -1.82. The van der Waals surface area contributed by atoms with Gasteiger partial charge >= 0.3 is 5.97 Å². The third-order valence-corrected chi connectivity index (χ3v) is 3.33. The maximum absolute atomic E-state index is 12.5. The third kappa shape index (κ3) is 6.06. The van der Waals surface area contributed by atoms with Gasteiger partial charge in [0, 0.05) is 18.8 Å². The van der Waals surface area contributed by atoms with Crippen molar-refractivity contribution in [3.8, 4) is 5.88 Å². The Labute approximate surface area is 141 Å². The van der Waals surface area contributed by atoms with Crippen molar-refractivity contribution in [2.75, 3.05) is 13.2 Å². The van der Waals surface area contributed by atoms with E-state index in [4.69, 9.17) is 21.4 Å². The number of aromatic nitrogens is 1. The molecule has 0 spiro atoms. The molecule has 0 radical (unpaired) electrons. The number of carboxylic acid groups (broad SMARTS) is 1.